The van der Waals surface area contributed by atoms with Gasteiger partial charge in [-0.1, -0.05) is 58.0 Å². The van der Waals surface area contributed by atoms with Crippen LogP contribution in [0.25, 0.3) is 0 Å². The minimum Gasteiger partial charge on any atom is -0.343 e. The van der Waals surface area contributed by atoms with E-state index >= 15 is 0 Å². The van der Waals surface area contributed by atoms with Gasteiger partial charge in [-0.15, -0.1) is 12.4 Å². The van der Waals surface area contributed by atoms with Crippen molar-refractivity contribution in [2.75, 3.05) is 20.1 Å². The van der Waals surface area contributed by atoms with Gasteiger partial charge in [0.05, 0.1) is 0 Å². The maximum Gasteiger partial charge on any atom is 0.315 e. The molecule has 3 amide bonds. The molecular weight excluding hydrogens is 352 g/mol. The molecule has 0 saturated carbocycles. The number of likely N-dealkylation sites (N-methyl/N-ethyl adjacent to an activating group) is 1. The first-order valence-corrected chi connectivity index (χ1v) is 8.69. The molecule has 0 heterocycles. The summed E-state index contributed by atoms with van der Waals surface area (Å²) in [5.74, 6) is -0.121. The molecule has 0 aliphatic heterocycles. The molecule has 0 aromatic heterocycles. The van der Waals surface area contributed by atoms with Gasteiger partial charge in [0, 0.05) is 20.1 Å². The Morgan fingerprint density at radius 2 is 1.77 bits per heavy atom. The highest BCUT2D eigenvalue weighted by atomic mass is 35.5. The second-order valence-electron chi connectivity index (χ2n) is 7.60. The van der Waals surface area contributed by atoms with Gasteiger partial charge in [0.25, 0.3) is 0 Å². The molecule has 4 N–H and O–H groups in total. The van der Waals surface area contributed by atoms with Gasteiger partial charge in [0.2, 0.25) is 5.91 Å². The molecule has 1 unspecified atom stereocenters. The van der Waals surface area contributed by atoms with Crippen molar-refractivity contribution < 1.29 is 9.59 Å². The van der Waals surface area contributed by atoms with Crippen LogP contribution in [-0.2, 0) is 11.3 Å². The number of nitrogens with one attached hydrogen (secondary N) is 2. The van der Waals surface area contributed by atoms with Crippen LogP contribution < -0.4 is 16.4 Å². The number of hydrogen-bond donors (Lipinski definition) is 3. The molecule has 0 fully saturated rings. The highest BCUT2D eigenvalue weighted by Crippen LogP contribution is 2.15. The smallest absolute Gasteiger partial charge is 0.315 e. The fourth-order valence-corrected chi connectivity index (χ4v) is 2.51. The number of nitrogens with two attached hydrogens (primary N) is 1. The fourth-order valence-electron chi connectivity index (χ4n) is 2.51. The van der Waals surface area contributed by atoms with Crippen molar-refractivity contribution in [1.29, 1.82) is 0 Å². The van der Waals surface area contributed by atoms with E-state index in [0.29, 0.717) is 19.6 Å². The first kappa shape index (κ1) is 24.2. The summed E-state index contributed by atoms with van der Waals surface area (Å²) in [6.45, 7) is 9.31. The predicted octanol–water partition coefficient (Wildman–Crippen LogP) is 2.38. The summed E-state index contributed by atoms with van der Waals surface area (Å²) < 4.78 is 0. The zero-order valence-corrected chi connectivity index (χ0v) is 17.2. The van der Waals surface area contributed by atoms with Gasteiger partial charge in [-0.3, -0.25) is 4.79 Å². The van der Waals surface area contributed by atoms with Crippen molar-refractivity contribution in [2.45, 2.75) is 40.3 Å². The molecule has 0 saturated heterocycles. The summed E-state index contributed by atoms with van der Waals surface area (Å²) in [4.78, 5) is 26.6. The summed E-state index contributed by atoms with van der Waals surface area (Å²) in [6, 6.07) is 8.72. The van der Waals surface area contributed by atoms with E-state index in [4.69, 9.17) is 5.73 Å². The average Bonchev–Trinajstić information content (AvgIpc) is 2.57. The van der Waals surface area contributed by atoms with E-state index < -0.39 is 6.04 Å². The van der Waals surface area contributed by atoms with E-state index in [9.17, 15) is 9.59 Å². The molecule has 0 aliphatic carbocycles. The molecule has 1 aromatic carbocycles. The monoisotopic (exact) mass is 384 g/mol. The standard InChI is InChI=1S/C19H32N4O2.ClH/c1-14(2)16(17(24)23(5)13-19(3,4)12-20)22-18(25)21-11-15-9-7-6-8-10-15;/h6-10,14,16H,11-13,20H2,1-5H3,(H2,21,22,25);1H. The Bertz CT molecular complexity index is 564. The SMILES string of the molecule is CC(C)C(NC(=O)NCc1ccccc1)C(=O)N(C)CC(C)(C)CN.Cl. The van der Waals surface area contributed by atoms with Gasteiger partial charge < -0.3 is 21.3 Å². The van der Waals surface area contributed by atoms with Gasteiger partial charge >= 0.3 is 6.03 Å². The van der Waals surface area contributed by atoms with Gasteiger partial charge in [0.1, 0.15) is 6.04 Å². The number of nitrogens with zero attached hydrogens (tertiary/aromatic N) is 1. The normalized spacial score (nSPS) is 12.1. The van der Waals surface area contributed by atoms with Crippen LogP contribution in [0.2, 0.25) is 0 Å². The number of carbonyl (C=O) groups excluding carboxylic acids is 2. The second kappa shape index (κ2) is 11.0. The first-order chi connectivity index (χ1) is 11.7. The minimum absolute atomic E-state index is 0. The summed E-state index contributed by atoms with van der Waals surface area (Å²) >= 11 is 0. The summed E-state index contributed by atoms with van der Waals surface area (Å²) in [5.41, 5.74) is 6.59. The van der Waals surface area contributed by atoms with Crippen molar-refractivity contribution in [3.8, 4) is 0 Å². The largest absolute Gasteiger partial charge is 0.343 e. The number of carbonyl (C=O) groups is 2. The predicted molar refractivity (Wildman–Crippen MR) is 108 cm³/mol. The van der Waals surface area contributed by atoms with Crippen LogP contribution in [0.4, 0.5) is 4.79 Å². The average molecular weight is 385 g/mol. The lowest BCUT2D eigenvalue weighted by Crippen LogP contribution is -2.54. The summed E-state index contributed by atoms with van der Waals surface area (Å²) in [7, 11) is 1.75. The molecule has 0 spiro atoms. The van der Waals surface area contributed by atoms with Crippen LogP contribution in [0.3, 0.4) is 0 Å². The Labute approximate surface area is 163 Å². The van der Waals surface area contributed by atoms with E-state index in [-0.39, 0.29) is 35.7 Å². The number of benzene rings is 1. The van der Waals surface area contributed by atoms with Crippen LogP contribution in [0.1, 0.15) is 33.3 Å². The third-order valence-electron chi connectivity index (χ3n) is 4.11. The van der Waals surface area contributed by atoms with Crippen molar-refractivity contribution >= 4 is 24.3 Å². The zero-order valence-electron chi connectivity index (χ0n) is 16.4. The van der Waals surface area contributed by atoms with Crippen LogP contribution >= 0.6 is 12.4 Å². The van der Waals surface area contributed by atoms with Gasteiger partial charge in [0.15, 0.2) is 0 Å². The Balaban J connectivity index is 0.00000625. The van der Waals surface area contributed by atoms with E-state index in [1.165, 1.54) is 0 Å². The van der Waals surface area contributed by atoms with Gasteiger partial charge in [-0.2, -0.15) is 0 Å². The molecule has 0 bridgehead atoms. The van der Waals surface area contributed by atoms with Gasteiger partial charge in [-0.25, -0.2) is 4.79 Å². The van der Waals surface area contributed by atoms with Crippen molar-refractivity contribution in [3.63, 3.8) is 0 Å². The Kier molecular flexibility index (Phi) is 10.3. The minimum atomic E-state index is -0.575. The van der Waals surface area contributed by atoms with E-state index in [0.717, 1.165) is 5.56 Å². The Hall–Kier alpha value is -1.79. The first-order valence-electron chi connectivity index (χ1n) is 8.69. The molecule has 6 nitrogen and oxygen atoms in total. The van der Waals surface area contributed by atoms with E-state index in [1.807, 2.05) is 58.0 Å². The highest BCUT2D eigenvalue weighted by molar-refractivity contribution is 5.87. The van der Waals surface area contributed by atoms with Crippen LogP contribution in [0, 0.1) is 11.3 Å². The molecule has 1 rings (SSSR count). The molecule has 1 aromatic rings. The number of rotatable bonds is 8. The third kappa shape index (κ3) is 8.06. The topological polar surface area (TPSA) is 87.5 Å². The molecule has 0 radical (unpaired) electrons. The quantitative estimate of drug-likeness (QED) is 0.643. The molecule has 26 heavy (non-hydrogen) atoms. The number of amides is 3. The van der Waals surface area contributed by atoms with Crippen molar-refractivity contribution in [1.82, 2.24) is 15.5 Å². The molecule has 148 valence electrons. The fraction of sp³-hybridized carbons (Fsp3) is 0.579. The van der Waals surface area contributed by atoms with E-state index in [2.05, 4.69) is 10.6 Å². The van der Waals surface area contributed by atoms with Crippen LogP contribution in [0.15, 0.2) is 30.3 Å². The van der Waals surface area contributed by atoms with Gasteiger partial charge in [-0.05, 0) is 23.4 Å². The lowest BCUT2D eigenvalue weighted by molar-refractivity contribution is -0.134. The highest BCUT2D eigenvalue weighted by Gasteiger charge is 2.29. The number of urea groups is 1. The third-order valence-corrected chi connectivity index (χ3v) is 4.11. The second-order valence-corrected chi connectivity index (χ2v) is 7.60. The summed E-state index contributed by atoms with van der Waals surface area (Å²) in [5, 5.41) is 5.60. The van der Waals surface area contributed by atoms with Crippen molar-refractivity contribution in [2.24, 2.45) is 17.1 Å². The maximum atomic E-state index is 12.7. The molecule has 7 heteroatoms. The lowest BCUT2D eigenvalue weighted by atomic mass is 9.92. The summed E-state index contributed by atoms with van der Waals surface area (Å²) in [6.07, 6.45) is 0. The number of halogens is 1. The van der Waals surface area contributed by atoms with Crippen molar-refractivity contribution in [3.05, 3.63) is 35.9 Å². The lowest BCUT2D eigenvalue weighted by Gasteiger charge is -2.32. The van der Waals surface area contributed by atoms with Crippen LogP contribution in [0.5, 0.6) is 0 Å². The maximum absolute atomic E-state index is 12.7. The van der Waals surface area contributed by atoms with Crippen LogP contribution in [-0.4, -0.2) is 43.0 Å². The Morgan fingerprint density at radius 1 is 1.19 bits per heavy atom. The zero-order chi connectivity index (χ0) is 19.0. The molecule has 1 atom stereocenters. The molecular formula is C19H33ClN4O2. The number of hydrogen-bond acceptors (Lipinski definition) is 3. The van der Waals surface area contributed by atoms with E-state index in [1.54, 1.807) is 11.9 Å². The Morgan fingerprint density at radius 3 is 2.27 bits per heavy atom. The molecule has 0 aliphatic rings.